The van der Waals surface area contributed by atoms with Gasteiger partial charge in [-0.05, 0) is 19.1 Å². The summed E-state index contributed by atoms with van der Waals surface area (Å²) in [6.07, 6.45) is 1.64. The van der Waals surface area contributed by atoms with E-state index in [2.05, 4.69) is 20.1 Å². The number of aryl methyl sites for hydroxylation is 1. The van der Waals surface area contributed by atoms with Crippen LogP contribution in [0.25, 0.3) is 33.5 Å². The van der Waals surface area contributed by atoms with Crippen LogP contribution in [0.5, 0.6) is 0 Å². The summed E-state index contributed by atoms with van der Waals surface area (Å²) in [7, 11) is 0. The van der Waals surface area contributed by atoms with Crippen molar-refractivity contribution >= 4 is 21.9 Å². The van der Waals surface area contributed by atoms with Crippen molar-refractivity contribution < 1.29 is 8.91 Å². The van der Waals surface area contributed by atoms with Gasteiger partial charge in [0.2, 0.25) is 5.76 Å². The Morgan fingerprint density at radius 2 is 2.20 bits per heavy atom. The van der Waals surface area contributed by atoms with E-state index in [4.69, 9.17) is 4.52 Å². The van der Waals surface area contributed by atoms with E-state index in [1.165, 1.54) is 6.07 Å². The summed E-state index contributed by atoms with van der Waals surface area (Å²) in [6.45, 7) is 1.83. The van der Waals surface area contributed by atoms with E-state index in [-0.39, 0.29) is 5.82 Å². The molecule has 4 rings (SSSR count). The third-order valence-corrected chi connectivity index (χ3v) is 3.15. The summed E-state index contributed by atoms with van der Waals surface area (Å²) in [5.74, 6) is 0.689. The highest BCUT2D eigenvalue weighted by Crippen LogP contribution is 2.27. The number of fused-ring (bicyclic) bond motifs is 3. The molecule has 0 radical (unpaired) electrons. The van der Waals surface area contributed by atoms with Crippen LogP contribution in [-0.4, -0.2) is 20.1 Å². The number of H-pyrrole nitrogens is 1. The maximum Gasteiger partial charge on any atom is 0.202 e. The molecule has 0 amide bonds. The van der Waals surface area contributed by atoms with Crippen molar-refractivity contribution in [2.75, 3.05) is 0 Å². The van der Waals surface area contributed by atoms with Gasteiger partial charge in [0.25, 0.3) is 0 Å². The minimum Gasteiger partial charge on any atom is -0.353 e. The van der Waals surface area contributed by atoms with E-state index < -0.39 is 0 Å². The number of hydrogen-bond acceptors (Lipinski definition) is 4. The van der Waals surface area contributed by atoms with E-state index in [0.29, 0.717) is 33.5 Å². The molecule has 98 valence electrons. The van der Waals surface area contributed by atoms with Gasteiger partial charge in [0.15, 0.2) is 5.82 Å². The van der Waals surface area contributed by atoms with Gasteiger partial charge in [-0.1, -0.05) is 11.2 Å². The first-order chi connectivity index (χ1) is 9.72. The van der Waals surface area contributed by atoms with Crippen LogP contribution in [0.1, 0.15) is 5.69 Å². The summed E-state index contributed by atoms with van der Waals surface area (Å²) in [5.41, 5.74) is 2.53. The summed E-state index contributed by atoms with van der Waals surface area (Å²) in [4.78, 5) is 11.7. The lowest BCUT2D eigenvalue weighted by Gasteiger charge is -1.98. The van der Waals surface area contributed by atoms with Crippen molar-refractivity contribution in [2.24, 2.45) is 0 Å². The zero-order valence-electron chi connectivity index (χ0n) is 10.5. The van der Waals surface area contributed by atoms with Crippen molar-refractivity contribution in [2.45, 2.75) is 6.92 Å². The zero-order valence-corrected chi connectivity index (χ0v) is 10.5. The molecule has 0 aliphatic carbocycles. The molecule has 0 saturated carbocycles. The lowest BCUT2D eigenvalue weighted by Crippen LogP contribution is -1.84. The fourth-order valence-corrected chi connectivity index (χ4v) is 2.25. The molecule has 5 nitrogen and oxygen atoms in total. The van der Waals surface area contributed by atoms with E-state index in [9.17, 15) is 4.39 Å². The quantitative estimate of drug-likeness (QED) is 0.575. The largest absolute Gasteiger partial charge is 0.353 e. The maximum atomic E-state index is 14.0. The Hall–Kier alpha value is -2.76. The van der Waals surface area contributed by atoms with Gasteiger partial charge in [0, 0.05) is 6.07 Å². The molecule has 3 heterocycles. The molecular weight excluding hydrogens is 259 g/mol. The van der Waals surface area contributed by atoms with E-state index in [1.54, 1.807) is 24.4 Å². The van der Waals surface area contributed by atoms with Gasteiger partial charge in [-0.25, -0.2) is 9.37 Å². The molecule has 0 fully saturated rings. The first-order valence-corrected chi connectivity index (χ1v) is 6.09. The second-order valence-corrected chi connectivity index (χ2v) is 4.57. The van der Waals surface area contributed by atoms with Gasteiger partial charge >= 0.3 is 0 Å². The summed E-state index contributed by atoms with van der Waals surface area (Å²) >= 11 is 0. The molecule has 0 bridgehead atoms. The van der Waals surface area contributed by atoms with Crippen LogP contribution in [0.3, 0.4) is 0 Å². The minimum atomic E-state index is -0.340. The Labute approximate surface area is 112 Å². The first kappa shape index (κ1) is 11.1. The molecule has 4 aromatic rings. The molecule has 1 N–H and O–H groups in total. The molecule has 0 unspecified atom stereocenters. The van der Waals surface area contributed by atoms with Crippen LogP contribution in [0.4, 0.5) is 4.39 Å². The number of rotatable bonds is 1. The van der Waals surface area contributed by atoms with E-state index in [1.807, 2.05) is 6.92 Å². The zero-order chi connectivity index (χ0) is 13.7. The Bertz CT molecular complexity index is 941. The number of hydrogen-bond donors (Lipinski definition) is 1. The molecule has 6 heteroatoms. The van der Waals surface area contributed by atoms with Gasteiger partial charge in [0.1, 0.15) is 11.3 Å². The summed E-state index contributed by atoms with van der Waals surface area (Å²) in [6, 6.07) is 6.55. The maximum absolute atomic E-state index is 14.0. The Kier molecular flexibility index (Phi) is 2.14. The average molecular weight is 268 g/mol. The number of aromatic nitrogens is 4. The number of halogens is 1. The standard InChI is InChI=1S/C14H9FN4O/c1-7-5-11(20-19-7)14-17-10-6-16-9-4-2-3-8(15)12(9)13(10)18-14/h2-6H,1H3,(H,17,18). The summed E-state index contributed by atoms with van der Waals surface area (Å²) in [5, 5.41) is 4.22. The topological polar surface area (TPSA) is 67.6 Å². The average Bonchev–Trinajstić information content (AvgIpc) is 3.04. The number of imidazole rings is 1. The third-order valence-electron chi connectivity index (χ3n) is 3.15. The SMILES string of the molecule is Cc1cc(-c2nc3c(cnc4cccc(F)c43)[nH]2)on1. The highest BCUT2D eigenvalue weighted by atomic mass is 19.1. The van der Waals surface area contributed by atoms with Crippen LogP contribution < -0.4 is 0 Å². The van der Waals surface area contributed by atoms with Gasteiger partial charge in [-0.2, -0.15) is 0 Å². The van der Waals surface area contributed by atoms with Gasteiger partial charge in [0.05, 0.1) is 28.3 Å². The third kappa shape index (κ3) is 1.51. The van der Waals surface area contributed by atoms with Crippen molar-refractivity contribution in [1.29, 1.82) is 0 Å². The molecule has 0 saturated heterocycles. The molecule has 0 spiro atoms. The Balaban J connectivity index is 2.06. The molecule has 3 aromatic heterocycles. The number of pyridine rings is 1. The van der Waals surface area contributed by atoms with E-state index in [0.717, 1.165) is 5.69 Å². The number of nitrogens with zero attached hydrogens (tertiary/aromatic N) is 3. The molecule has 1 aromatic carbocycles. The van der Waals surface area contributed by atoms with Crippen LogP contribution in [0.2, 0.25) is 0 Å². The minimum absolute atomic E-state index is 0.340. The predicted molar refractivity (Wildman–Crippen MR) is 71.6 cm³/mol. The molecule has 20 heavy (non-hydrogen) atoms. The second-order valence-electron chi connectivity index (χ2n) is 4.57. The lowest BCUT2D eigenvalue weighted by molar-refractivity contribution is 0.425. The van der Waals surface area contributed by atoms with Crippen LogP contribution in [-0.2, 0) is 0 Å². The smallest absolute Gasteiger partial charge is 0.202 e. The monoisotopic (exact) mass is 268 g/mol. The van der Waals surface area contributed by atoms with Gasteiger partial charge < -0.3 is 9.51 Å². The summed E-state index contributed by atoms with van der Waals surface area (Å²) < 4.78 is 19.2. The van der Waals surface area contributed by atoms with Crippen LogP contribution >= 0.6 is 0 Å². The van der Waals surface area contributed by atoms with Crippen LogP contribution in [0.15, 0.2) is 35.0 Å². The van der Waals surface area contributed by atoms with Gasteiger partial charge in [-0.15, -0.1) is 0 Å². The molecule has 0 aliphatic rings. The Morgan fingerprint density at radius 1 is 1.30 bits per heavy atom. The van der Waals surface area contributed by atoms with Crippen LogP contribution in [0, 0.1) is 12.7 Å². The van der Waals surface area contributed by atoms with Crippen molar-refractivity contribution in [3.05, 3.63) is 42.0 Å². The van der Waals surface area contributed by atoms with Gasteiger partial charge in [-0.3, -0.25) is 4.98 Å². The van der Waals surface area contributed by atoms with Crippen molar-refractivity contribution in [3.63, 3.8) is 0 Å². The Morgan fingerprint density at radius 3 is 3.00 bits per heavy atom. The normalized spacial score (nSPS) is 11.5. The molecule has 0 aliphatic heterocycles. The predicted octanol–water partition coefficient (Wildman–Crippen LogP) is 3.21. The second kappa shape index (κ2) is 3.86. The van der Waals surface area contributed by atoms with E-state index >= 15 is 0 Å². The van der Waals surface area contributed by atoms with Crippen molar-refractivity contribution in [1.82, 2.24) is 20.1 Å². The fourth-order valence-electron chi connectivity index (χ4n) is 2.25. The highest BCUT2D eigenvalue weighted by Gasteiger charge is 2.14. The molecular formula is C14H9FN4O. The fraction of sp³-hybridized carbons (Fsp3) is 0.0714. The highest BCUT2D eigenvalue weighted by molar-refractivity contribution is 6.02. The lowest BCUT2D eigenvalue weighted by atomic mass is 10.2. The first-order valence-electron chi connectivity index (χ1n) is 6.09. The number of aromatic amines is 1. The van der Waals surface area contributed by atoms with Crippen molar-refractivity contribution in [3.8, 4) is 11.6 Å². The number of benzene rings is 1. The number of nitrogens with one attached hydrogen (secondary N) is 1. The molecule has 0 atom stereocenters.